The van der Waals surface area contributed by atoms with E-state index in [4.69, 9.17) is 4.99 Å². The highest BCUT2D eigenvalue weighted by atomic mass is 32.2. The summed E-state index contributed by atoms with van der Waals surface area (Å²) >= 11 is 2.99. The van der Waals surface area contributed by atoms with Crippen molar-refractivity contribution in [1.82, 2.24) is 4.90 Å². The molecule has 5 nitrogen and oxygen atoms in total. The minimum Gasteiger partial charge on any atom is -0.337 e. The molecule has 0 radical (unpaired) electrons. The average Bonchev–Trinajstić information content (AvgIpc) is 3.31. The maximum atomic E-state index is 13.6. The zero-order chi connectivity index (χ0) is 22.9. The van der Waals surface area contributed by atoms with Crippen LogP contribution in [0.3, 0.4) is 0 Å². The molecular weight excluding hydrogens is 450 g/mol. The van der Waals surface area contributed by atoms with Gasteiger partial charge in [0.1, 0.15) is 4.91 Å². The number of aliphatic imine (C=N–C) groups is 1. The van der Waals surface area contributed by atoms with Crippen molar-refractivity contribution in [1.29, 1.82) is 0 Å². The number of carbonyl (C=O) groups excluding carboxylic acids is 2. The minimum atomic E-state index is -0.0625. The Bertz CT molecular complexity index is 1320. The van der Waals surface area contributed by atoms with Gasteiger partial charge in [-0.2, -0.15) is 0 Å². The van der Waals surface area contributed by atoms with Crippen LogP contribution in [0.2, 0.25) is 0 Å². The van der Waals surface area contributed by atoms with Gasteiger partial charge >= 0.3 is 0 Å². The number of rotatable bonds is 4. The fourth-order valence-electron chi connectivity index (χ4n) is 3.73. The van der Waals surface area contributed by atoms with Crippen molar-refractivity contribution in [2.24, 2.45) is 4.99 Å². The Labute approximate surface area is 201 Å². The molecule has 0 atom stereocenters. The Hall–Kier alpha value is -3.29. The van der Waals surface area contributed by atoms with E-state index >= 15 is 0 Å². The highest BCUT2D eigenvalue weighted by molar-refractivity contribution is 8.19. The van der Waals surface area contributed by atoms with Gasteiger partial charge < -0.3 is 4.90 Å². The van der Waals surface area contributed by atoms with Crippen LogP contribution in [0.15, 0.2) is 98.7 Å². The number of fused-ring (bicyclic) bond motifs is 1. The number of amides is 1. The molecular formula is C26H21N3O2S2. The lowest BCUT2D eigenvalue weighted by Crippen LogP contribution is -2.29. The highest BCUT2D eigenvalue weighted by Gasteiger charge is 2.39. The zero-order valence-corrected chi connectivity index (χ0v) is 19.8. The van der Waals surface area contributed by atoms with Gasteiger partial charge in [0.15, 0.2) is 11.0 Å². The maximum absolute atomic E-state index is 13.6. The molecule has 0 aliphatic carbocycles. The second-order valence-corrected chi connectivity index (χ2v) is 9.75. The summed E-state index contributed by atoms with van der Waals surface area (Å²) < 4.78 is 0. The molecule has 164 valence electrons. The third-order valence-corrected chi connectivity index (χ3v) is 7.89. The van der Waals surface area contributed by atoms with Crippen LogP contribution in [-0.4, -0.2) is 28.8 Å². The van der Waals surface area contributed by atoms with Crippen LogP contribution in [0.25, 0.3) is 0 Å². The van der Waals surface area contributed by atoms with E-state index in [9.17, 15) is 9.59 Å². The number of benzene rings is 3. The number of hydrogen-bond acceptors (Lipinski definition) is 6. The average molecular weight is 472 g/mol. The molecule has 2 aliphatic heterocycles. The Morgan fingerprint density at radius 2 is 1.70 bits per heavy atom. The largest absolute Gasteiger partial charge is 0.337 e. The first-order valence-electron chi connectivity index (χ1n) is 10.5. The van der Waals surface area contributed by atoms with Crippen molar-refractivity contribution >= 4 is 51.8 Å². The number of thioether (sulfide) groups is 2. The van der Waals surface area contributed by atoms with E-state index in [1.54, 1.807) is 28.8 Å². The van der Waals surface area contributed by atoms with Crippen LogP contribution in [0.5, 0.6) is 0 Å². The molecule has 0 saturated carbocycles. The van der Waals surface area contributed by atoms with Crippen LogP contribution in [0, 0.1) is 0 Å². The predicted molar refractivity (Wildman–Crippen MR) is 136 cm³/mol. The van der Waals surface area contributed by atoms with Gasteiger partial charge in [-0.1, -0.05) is 66.4 Å². The molecule has 1 saturated heterocycles. The van der Waals surface area contributed by atoms with Crippen molar-refractivity contribution in [3.05, 3.63) is 99.9 Å². The normalized spacial score (nSPS) is 18.8. The van der Waals surface area contributed by atoms with Crippen molar-refractivity contribution in [3.63, 3.8) is 0 Å². The number of nitrogens with zero attached hydrogens (tertiary/aromatic N) is 3. The predicted octanol–water partition coefficient (Wildman–Crippen LogP) is 6.06. The summed E-state index contributed by atoms with van der Waals surface area (Å²) in [5, 5.41) is 1.52. The Morgan fingerprint density at radius 3 is 2.45 bits per heavy atom. The van der Waals surface area contributed by atoms with E-state index in [0.29, 0.717) is 27.9 Å². The van der Waals surface area contributed by atoms with Crippen LogP contribution in [-0.2, 0) is 11.3 Å². The summed E-state index contributed by atoms with van der Waals surface area (Å²) in [4.78, 5) is 35.9. The molecule has 0 unspecified atom stereocenters. The lowest BCUT2D eigenvalue weighted by atomic mass is 10.1. The second kappa shape index (κ2) is 8.92. The molecule has 0 N–H and O–H groups in total. The van der Waals surface area contributed by atoms with Crippen LogP contribution >= 0.6 is 23.5 Å². The Balaban J connectivity index is 1.56. The lowest BCUT2D eigenvalue weighted by Gasteiger charge is -2.17. The van der Waals surface area contributed by atoms with Crippen molar-refractivity contribution in [2.75, 3.05) is 11.9 Å². The first-order chi connectivity index (χ1) is 16.0. The molecule has 33 heavy (non-hydrogen) atoms. The number of para-hydroxylation sites is 1. The summed E-state index contributed by atoms with van der Waals surface area (Å²) in [6, 6.07) is 25.2. The molecule has 3 aromatic rings. The van der Waals surface area contributed by atoms with E-state index in [-0.39, 0.29) is 11.7 Å². The SMILES string of the molecule is CC(=O)c1cccc(N=C2S/C(=C3\Sc4ccccc4N3C)C(=O)N2Cc2ccccc2)c1. The van der Waals surface area contributed by atoms with Crippen LogP contribution in [0.1, 0.15) is 22.8 Å². The fourth-order valence-corrected chi connectivity index (χ4v) is 6.07. The summed E-state index contributed by atoms with van der Waals surface area (Å²) in [5.41, 5.74) is 3.37. The fraction of sp³-hybridized carbons (Fsp3) is 0.115. The van der Waals surface area contributed by atoms with E-state index in [0.717, 1.165) is 21.2 Å². The van der Waals surface area contributed by atoms with Crippen LogP contribution in [0.4, 0.5) is 11.4 Å². The van der Waals surface area contributed by atoms with E-state index < -0.39 is 0 Å². The summed E-state index contributed by atoms with van der Waals surface area (Å²) in [6.07, 6.45) is 0. The molecule has 2 aliphatic rings. The van der Waals surface area contributed by atoms with Gasteiger partial charge in [0.2, 0.25) is 0 Å². The number of carbonyl (C=O) groups is 2. The maximum Gasteiger partial charge on any atom is 0.269 e. The van der Waals surface area contributed by atoms with E-state index in [2.05, 4.69) is 17.0 Å². The molecule has 3 aromatic carbocycles. The van der Waals surface area contributed by atoms with Gasteiger partial charge in [0, 0.05) is 17.5 Å². The summed E-state index contributed by atoms with van der Waals surface area (Å²) in [7, 11) is 1.99. The molecule has 0 bridgehead atoms. The second-order valence-electron chi connectivity index (χ2n) is 7.74. The summed E-state index contributed by atoms with van der Waals surface area (Å²) in [5.74, 6) is -0.0784. The minimum absolute atomic E-state index is 0.0158. The molecule has 1 fully saturated rings. The molecule has 0 spiro atoms. The molecule has 5 rings (SSSR count). The molecule has 2 heterocycles. The van der Waals surface area contributed by atoms with Gasteiger partial charge in [-0.3, -0.25) is 14.5 Å². The first-order valence-corrected chi connectivity index (χ1v) is 12.1. The smallest absolute Gasteiger partial charge is 0.269 e. The number of ketones is 1. The lowest BCUT2D eigenvalue weighted by molar-refractivity contribution is -0.122. The molecule has 7 heteroatoms. The zero-order valence-electron chi connectivity index (χ0n) is 18.2. The van der Waals surface area contributed by atoms with E-state index in [1.807, 2.05) is 61.6 Å². The topological polar surface area (TPSA) is 53.0 Å². The van der Waals surface area contributed by atoms with Gasteiger partial charge in [-0.05, 0) is 48.5 Å². The Morgan fingerprint density at radius 1 is 0.939 bits per heavy atom. The van der Waals surface area contributed by atoms with Gasteiger partial charge in [-0.25, -0.2) is 4.99 Å². The quantitative estimate of drug-likeness (QED) is 0.342. The third-order valence-electron chi connectivity index (χ3n) is 5.46. The van der Waals surface area contributed by atoms with Crippen molar-refractivity contribution < 1.29 is 9.59 Å². The van der Waals surface area contributed by atoms with Gasteiger partial charge in [-0.15, -0.1) is 0 Å². The first kappa shape index (κ1) is 21.6. The van der Waals surface area contributed by atoms with Gasteiger partial charge in [0.25, 0.3) is 5.91 Å². The van der Waals surface area contributed by atoms with Crippen molar-refractivity contribution in [2.45, 2.75) is 18.4 Å². The number of hydrogen-bond donors (Lipinski definition) is 0. The van der Waals surface area contributed by atoms with E-state index in [1.165, 1.54) is 18.7 Å². The Kier molecular flexibility index (Phi) is 5.83. The summed E-state index contributed by atoms with van der Waals surface area (Å²) in [6.45, 7) is 1.96. The van der Waals surface area contributed by atoms with Gasteiger partial charge in [0.05, 0.1) is 22.9 Å². The third kappa shape index (κ3) is 4.21. The number of anilines is 1. The highest BCUT2D eigenvalue weighted by Crippen LogP contribution is 2.50. The monoisotopic (exact) mass is 471 g/mol. The standard InChI is InChI=1S/C26H21N3O2S2/c1-17(30)19-11-8-12-20(15-19)27-26-29(16-18-9-4-3-5-10-18)24(31)23(33-26)25-28(2)21-13-6-7-14-22(21)32-25/h3-15H,16H2,1-2H3/b25-23-,27-26?. The van der Waals surface area contributed by atoms with Crippen LogP contribution < -0.4 is 4.90 Å². The number of Topliss-reactive ketones (excluding diaryl/α,β-unsaturated/α-hetero) is 1. The molecule has 1 amide bonds. The number of amidine groups is 1. The van der Waals surface area contributed by atoms with Crippen molar-refractivity contribution in [3.8, 4) is 0 Å². The molecule has 0 aromatic heterocycles.